The molecule has 1 aromatic heterocycles. The molecule has 0 N–H and O–H groups in total. The van der Waals surface area contributed by atoms with Gasteiger partial charge in [0.1, 0.15) is 17.2 Å². The van der Waals surface area contributed by atoms with Crippen molar-refractivity contribution in [2.24, 2.45) is 0 Å². The molecule has 0 unspecified atom stereocenters. The van der Waals surface area contributed by atoms with Crippen LogP contribution in [0.3, 0.4) is 0 Å². The van der Waals surface area contributed by atoms with Crippen LogP contribution in [-0.2, 0) is 11.3 Å². The summed E-state index contributed by atoms with van der Waals surface area (Å²) in [6.07, 6.45) is 0.915. The van der Waals surface area contributed by atoms with E-state index in [0.29, 0.717) is 40.8 Å². The van der Waals surface area contributed by atoms with Crippen molar-refractivity contribution < 1.29 is 28.3 Å². The van der Waals surface area contributed by atoms with E-state index in [1.165, 1.54) is 0 Å². The summed E-state index contributed by atoms with van der Waals surface area (Å²) in [5.74, 6) is 1.91. The minimum atomic E-state index is -0.492. The topological polar surface area (TPSA) is 92.9 Å². The monoisotopic (exact) mass is 398 g/mol. The molecule has 0 bridgehead atoms. The highest BCUT2D eigenvalue weighted by Gasteiger charge is 2.16. The Labute approximate surface area is 168 Å². The number of rotatable bonds is 9. The molecular formula is C21H22N2O6. The van der Waals surface area contributed by atoms with Crippen LogP contribution in [0, 0.1) is 0 Å². The molecule has 0 aliphatic rings. The van der Waals surface area contributed by atoms with Crippen LogP contribution >= 0.6 is 0 Å². The fourth-order valence-corrected chi connectivity index (χ4v) is 2.52. The fourth-order valence-electron chi connectivity index (χ4n) is 2.52. The highest BCUT2D eigenvalue weighted by molar-refractivity contribution is 5.89. The first kappa shape index (κ1) is 20.2. The molecule has 0 aliphatic carbocycles. The van der Waals surface area contributed by atoms with Crippen LogP contribution in [0.1, 0.15) is 29.6 Å². The average Bonchev–Trinajstić information content (AvgIpc) is 3.24. The summed E-state index contributed by atoms with van der Waals surface area (Å²) in [4.78, 5) is 16.5. The molecule has 0 saturated heterocycles. The summed E-state index contributed by atoms with van der Waals surface area (Å²) >= 11 is 0. The minimum absolute atomic E-state index is 0.140. The number of hydrogen-bond donors (Lipinski definition) is 0. The van der Waals surface area contributed by atoms with Gasteiger partial charge in [0, 0.05) is 6.07 Å². The number of esters is 1. The lowest BCUT2D eigenvalue weighted by Gasteiger charge is -2.07. The molecule has 0 spiro atoms. The Bertz CT molecular complexity index is 952. The van der Waals surface area contributed by atoms with E-state index < -0.39 is 5.97 Å². The number of hydrogen-bond acceptors (Lipinski definition) is 8. The van der Waals surface area contributed by atoms with Gasteiger partial charge in [-0.05, 0) is 42.8 Å². The minimum Gasteiger partial charge on any atom is -0.497 e. The third-order valence-corrected chi connectivity index (χ3v) is 4.01. The lowest BCUT2D eigenvalue weighted by atomic mass is 10.2. The lowest BCUT2D eigenvalue weighted by Crippen LogP contribution is -2.05. The number of carbonyl (C=O) groups is 1. The number of carbonyl (C=O) groups excluding carboxylic acids is 1. The zero-order valence-corrected chi connectivity index (χ0v) is 16.5. The van der Waals surface area contributed by atoms with Crippen LogP contribution in [0.4, 0.5) is 0 Å². The van der Waals surface area contributed by atoms with E-state index >= 15 is 0 Å². The number of methoxy groups -OCH3 is 2. The van der Waals surface area contributed by atoms with Crippen molar-refractivity contribution in [1.29, 1.82) is 0 Å². The van der Waals surface area contributed by atoms with Crippen molar-refractivity contribution in [2.75, 3.05) is 20.8 Å². The first-order valence-electron chi connectivity index (χ1n) is 9.09. The molecule has 0 aliphatic heterocycles. The van der Waals surface area contributed by atoms with Gasteiger partial charge in [0.25, 0.3) is 5.89 Å². The van der Waals surface area contributed by atoms with E-state index in [1.54, 1.807) is 56.7 Å². The number of nitrogens with zero attached hydrogens (tertiary/aromatic N) is 2. The summed E-state index contributed by atoms with van der Waals surface area (Å²) in [6, 6.07) is 12.0. The first-order chi connectivity index (χ1) is 14.1. The molecule has 0 radical (unpaired) electrons. The van der Waals surface area contributed by atoms with E-state index in [0.717, 1.165) is 6.42 Å². The SMILES string of the molecule is CCCOc1ccc(C(=O)OCc2nc(-c3ccc(OC)cc3OC)no2)cc1. The van der Waals surface area contributed by atoms with Crippen LogP contribution in [0.25, 0.3) is 11.4 Å². The van der Waals surface area contributed by atoms with Crippen LogP contribution in [0.2, 0.25) is 0 Å². The molecule has 8 nitrogen and oxygen atoms in total. The molecule has 152 valence electrons. The van der Waals surface area contributed by atoms with E-state index in [9.17, 15) is 4.79 Å². The third-order valence-electron chi connectivity index (χ3n) is 4.01. The van der Waals surface area contributed by atoms with Crippen LogP contribution < -0.4 is 14.2 Å². The summed E-state index contributed by atoms with van der Waals surface area (Å²) in [5, 5.41) is 3.93. The zero-order valence-electron chi connectivity index (χ0n) is 16.5. The van der Waals surface area contributed by atoms with Crippen molar-refractivity contribution in [3.8, 4) is 28.6 Å². The summed E-state index contributed by atoms with van der Waals surface area (Å²) in [6.45, 7) is 2.51. The first-order valence-corrected chi connectivity index (χ1v) is 9.09. The molecular weight excluding hydrogens is 376 g/mol. The smallest absolute Gasteiger partial charge is 0.338 e. The quantitative estimate of drug-likeness (QED) is 0.501. The Morgan fingerprint density at radius 2 is 1.79 bits per heavy atom. The van der Waals surface area contributed by atoms with E-state index in [2.05, 4.69) is 10.1 Å². The Balaban J connectivity index is 1.62. The van der Waals surface area contributed by atoms with E-state index in [-0.39, 0.29) is 12.5 Å². The molecule has 1 heterocycles. The molecule has 8 heteroatoms. The Hall–Kier alpha value is -3.55. The number of ether oxygens (including phenoxy) is 4. The van der Waals surface area contributed by atoms with Crippen molar-refractivity contribution in [3.63, 3.8) is 0 Å². The second-order valence-electron chi connectivity index (χ2n) is 6.03. The molecule has 0 saturated carbocycles. The summed E-state index contributed by atoms with van der Waals surface area (Å²) in [5.41, 5.74) is 1.04. The second kappa shape index (κ2) is 9.59. The average molecular weight is 398 g/mol. The molecule has 0 fully saturated rings. The summed E-state index contributed by atoms with van der Waals surface area (Å²) < 4.78 is 26.4. The maximum atomic E-state index is 12.2. The zero-order chi connectivity index (χ0) is 20.6. The molecule has 0 atom stereocenters. The van der Waals surface area contributed by atoms with E-state index in [1.807, 2.05) is 6.92 Å². The van der Waals surface area contributed by atoms with Crippen molar-refractivity contribution in [3.05, 3.63) is 53.9 Å². The number of aromatic nitrogens is 2. The van der Waals surface area contributed by atoms with Gasteiger partial charge in [-0.2, -0.15) is 4.98 Å². The van der Waals surface area contributed by atoms with Crippen LogP contribution in [0.5, 0.6) is 17.2 Å². The fraction of sp³-hybridized carbons (Fsp3) is 0.286. The van der Waals surface area contributed by atoms with Crippen molar-refractivity contribution >= 4 is 5.97 Å². The molecule has 0 amide bonds. The summed E-state index contributed by atoms with van der Waals surface area (Å²) in [7, 11) is 3.11. The van der Waals surface area contributed by atoms with Gasteiger partial charge in [-0.15, -0.1) is 0 Å². The highest BCUT2D eigenvalue weighted by Crippen LogP contribution is 2.31. The maximum absolute atomic E-state index is 12.2. The highest BCUT2D eigenvalue weighted by atomic mass is 16.6. The van der Waals surface area contributed by atoms with E-state index in [4.69, 9.17) is 23.5 Å². The van der Waals surface area contributed by atoms with Crippen LogP contribution in [-0.4, -0.2) is 36.9 Å². The predicted molar refractivity (Wildman–Crippen MR) is 104 cm³/mol. The van der Waals surface area contributed by atoms with Crippen LogP contribution in [0.15, 0.2) is 47.0 Å². The van der Waals surface area contributed by atoms with Gasteiger partial charge in [-0.3, -0.25) is 0 Å². The molecule has 29 heavy (non-hydrogen) atoms. The van der Waals surface area contributed by atoms with Gasteiger partial charge < -0.3 is 23.5 Å². The van der Waals surface area contributed by atoms with Crippen molar-refractivity contribution in [2.45, 2.75) is 20.0 Å². The van der Waals surface area contributed by atoms with Gasteiger partial charge in [0.2, 0.25) is 5.82 Å². The Kier molecular flexibility index (Phi) is 6.67. The van der Waals surface area contributed by atoms with Gasteiger partial charge in [-0.1, -0.05) is 12.1 Å². The normalized spacial score (nSPS) is 10.4. The largest absolute Gasteiger partial charge is 0.497 e. The van der Waals surface area contributed by atoms with Crippen molar-refractivity contribution in [1.82, 2.24) is 10.1 Å². The van der Waals surface area contributed by atoms with Gasteiger partial charge >= 0.3 is 5.97 Å². The predicted octanol–water partition coefficient (Wildman–Crippen LogP) is 3.90. The molecule has 3 rings (SSSR count). The Morgan fingerprint density at radius 3 is 2.48 bits per heavy atom. The molecule has 3 aromatic rings. The van der Waals surface area contributed by atoms with Gasteiger partial charge in [-0.25, -0.2) is 4.79 Å². The maximum Gasteiger partial charge on any atom is 0.338 e. The number of benzene rings is 2. The third kappa shape index (κ3) is 5.04. The Morgan fingerprint density at radius 1 is 1.03 bits per heavy atom. The van der Waals surface area contributed by atoms with Gasteiger partial charge in [0.15, 0.2) is 6.61 Å². The second-order valence-corrected chi connectivity index (χ2v) is 6.03. The molecule has 2 aromatic carbocycles. The lowest BCUT2D eigenvalue weighted by molar-refractivity contribution is 0.0430. The standard InChI is InChI=1S/C21H22N2O6/c1-4-11-27-15-7-5-14(6-8-15)21(24)28-13-19-22-20(23-29-19)17-10-9-16(25-2)12-18(17)26-3/h5-10,12H,4,11,13H2,1-3H3. The van der Waals surface area contributed by atoms with Gasteiger partial charge in [0.05, 0.1) is 32.0 Å².